The van der Waals surface area contributed by atoms with Gasteiger partial charge in [-0.3, -0.25) is 9.36 Å². The van der Waals surface area contributed by atoms with E-state index < -0.39 is 28.4 Å². The number of carbonyl (C=O) groups excluding carboxylic acids is 1. The van der Waals surface area contributed by atoms with Crippen molar-refractivity contribution >= 4 is 38.3 Å². The summed E-state index contributed by atoms with van der Waals surface area (Å²) in [5, 5.41) is 9.08. The number of para-hydroxylation sites is 2. The van der Waals surface area contributed by atoms with Crippen LogP contribution in [0.2, 0.25) is 0 Å². The van der Waals surface area contributed by atoms with Gasteiger partial charge in [0.25, 0.3) is 5.91 Å². The first-order valence-corrected chi connectivity index (χ1v) is 10.3. The summed E-state index contributed by atoms with van der Waals surface area (Å²) in [5.41, 5.74) is 0.733. The first-order valence-electron chi connectivity index (χ1n) is 7.83. The largest absolute Gasteiger partial charge is 0.351 e. The molecule has 2 aromatic heterocycles. The number of nitrogens with one attached hydrogen (secondary N) is 1. The highest BCUT2D eigenvalue weighted by Gasteiger charge is 2.24. The number of primary sulfonamides is 1. The molecule has 0 saturated heterocycles. The molecule has 0 spiro atoms. The quantitative estimate of drug-likeness (QED) is 0.647. The second-order valence-corrected chi connectivity index (χ2v) is 8.32. The molecule has 3 aromatic rings. The Labute approximate surface area is 157 Å². The van der Waals surface area contributed by atoms with Crippen LogP contribution in [0.3, 0.4) is 0 Å². The molecule has 144 valence electrons. The van der Waals surface area contributed by atoms with Crippen LogP contribution >= 0.6 is 11.3 Å². The number of rotatable bonds is 6. The number of imidazole rings is 1. The lowest BCUT2D eigenvalue weighted by Crippen LogP contribution is -2.29. The van der Waals surface area contributed by atoms with E-state index in [4.69, 9.17) is 5.14 Å². The summed E-state index contributed by atoms with van der Waals surface area (Å²) in [4.78, 5) is 16.2. The van der Waals surface area contributed by atoms with Gasteiger partial charge >= 0.3 is 6.55 Å². The Morgan fingerprint density at radius 1 is 1.33 bits per heavy atom. The van der Waals surface area contributed by atoms with E-state index in [1.165, 1.54) is 11.4 Å². The molecule has 27 heavy (non-hydrogen) atoms. The summed E-state index contributed by atoms with van der Waals surface area (Å²) < 4.78 is 50.9. The molecule has 1 atom stereocenters. The van der Waals surface area contributed by atoms with E-state index >= 15 is 0 Å². The Morgan fingerprint density at radius 2 is 2.04 bits per heavy atom. The number of nitrogens with zero attached hydrogens (tertiary/aromatic N) is 2. The molecule has 1 aromatic carbocycles. The van der Waals surface area contributed by atoms with Crippen LogP contribution in [0.5, 0.6) is 0 Å². The van der Waals surface area contributed by atoms with Crippen molar-refractivity contribution in [1.29, 1.82) is 0 Å². The number of sulfonamides is 1. The highest BCUT2D eigenvalue weighted by Crippen LogP contribution is 2.27. The van der Waals surface area contributed by atoms with Gasteiger partial charge in [-0.25, -0.2) is 18.5 Å². The molecular weight excluding hydrogens is 398 g/mol. The second kappa shape index (κ2) is 7.33. The van der Waals surface area contributed by atoms with Crippen molar-refractivity contribution < 1.29 is 22.0 Å². The Hall–Kier alpha value is -2.37. The molecule has 1 amide bonds. The number of hydrogen-bond donors (Lipinski definition) is 2. The number of halogens is 2. The molecule has 0 aliphatic rings. The Bertz CT molecular complexity index is 1090. The predicted molar refractivity (Wildman–Crippen MR) is 97.4 cm³/mol. The Kier molecular flexibility index (Phi) is 5.27. The molecule has 3 N–H and O–H groups in total. The molecule has 1 unspecified atom stereocenters. The van der Waals surface area contributed by atoms with Crippen LogP contribution < -0.4 is 10.5 Å². The van der Waals surface area contributed by atoms with Gasteiger partial charge in [0, 0.05) is 12.5 Å². The van der Waals surface area contributed by atoms with Crippen LogP contribution in [-0.4, -0.2) is 30.4 Å². The normalized spacial score (nSPS) is 13.2. The highest BCUT2D eigenvalue weighted by atomic mass is 32.2. The maximum absolute atomic E-state index is 13.5. The summed E-state index contributed by atoms with van der Waals surface area (Å²) in [6.07, 6.45) is 0. The summed E-state index contributed by atoms with van der Waals surface area (Å²) in [5.74, 6) is -1.04. The number of thiophene rings is 1. The first kappa shape index (κ1) is 19.4. The fourth-order valence-corrected chi connectivity index (χ4v) is 4.61. The maximum Gasteiger partial charge on any atom is 0.320 e. The standard InChI is InChI=1S/C16H16F2N4O3S2/c1-9(8-20-15(23)13-12(6-7-26-13)27(19,24)25)14-21-10-4-2-3-5-11(10)22(14)16(17)18/h2-7,9,16H,8H2,1H3,(H,20,23)(H2,19,24,25). The monoisotopic (exact) mass is 414 g/mol. The van der Waals surface area contributed by atoms with Gasteiger partial charge in [-0.05, 0) is 23.6 Å². The molecule has 0 fully saturated rings. The fraction of sp³-hybridized carbons (Fsp3) is 0.250. The molecule has 0 saturated carbocycles. The average Bonchev–Trinajstić information content (AvgIpc) is 3.23. The van der Waals surface area contributed by atoms with Gasteiger partial charge in [-0.2, -0.15) is 8.78 Å². The highest BCUT2D eigenvalue weighted by molar-refractivity contribution is 7.89. The number of carbonyl (C=O) groups is 1. The molecule has 11 heteroatoms. The van der Waals surface area contributed by atoms with E-state index in [0.29, 0.717) is 11.0 Å². The minimum Gasteiger partial charge on any atom is -0.351 e. The van der Waals surface area contributed by atoms with Crippen molar-refractivity contribution in [3.05, 3.63) is 46.4 Å². The number of alkyl halides is 2. The molecule has 0 bridgehead atoms. The zero-order chi connectivity index (χ0) is 19.8. The average molecular weight is 414 g/mol. The lowest BCUT2D eigenvalue weighted by atomic mass is 10.1. The lowest BCUT2D eigenvalue weighted by Gasteiger charge is -2.15. The summed E-state index contributed by atoms with van der Waals surface area (Å²) >= 11 is 0.932. The van der Waals surface area contributed by atoms with Crippen LogP contribution in [0.25, 0.3) is 11.0 Å². The molecule has 7 nitrogen and oxygen atoms in total. The Morgan fingerprint density at radius 3 is 2.70 bits per heavy atom. The van der Waals surface area contributed by atoms with E-state index in [1.807, 2.05) is 0 Å². The van der Waals surface area contributed by atoms with E-state index in [2.05, 4.69) is 10.3 Å². The van der Waals surface area contributed by atoms with E-state index in [9.17, 15) is 22.0 Å². The molecule has 2 heterocycles. The number of aromatic nitrogens is 2. The molecule has 3 rings (SSSR count). The third kappa shape index (κ3) is 3.84. The van der Waals surface area contributed by atoms with E-state index in [1.54, 1.807) is 31.2 Å². The molecular formula is C16H16F2N4O3S2. The summed E-state index contributed by atoms with van der Waals surface area (Å²) in [6, 6.07) is 7.77. The van der Waals surface area contributed by atoms with Gasteiger partial charge in [0.15, 0.2) is 0 Å². The van der Waals surface area contributed by atoms with Crippen molar-refractivity contribution in [1.82, 2.24) is 14.9 Å². The Balaban J connectivity index is 1.82. The van der Waals surface area contributed by atoms with Gasteiger partial charge in [0.2, 0.25) is 10.0 Å². The van der Waals surface area contributed by atoms with Crippen LogP contribution in [0, 0.1) is 0 Å². The third-order valence-electron chi connectivity index (χ3n) is 3.97. The lowest BCUT2D eigenvalue weighted by molar-refractivity contribution is 0.0704. The first-order chi connectivity index (χ1) is 12.7. The molecule has 0 aliphatic carbocycles. The van der Waals surface area contributed by atoms with Crippen molar-refractivity contribution in [3.63, 3.8) is 0 Å². The summed E-state index contributed by atoms with van der Waals surface area (Å²) in [7, 11) is -4.03. The minimum absolute atomic E-state index is 0.00314. The second-order valence-electron chi connectivity index (χ2n) is 5.88. The van der Waals surface area contributed by atoms with Crippen molar-refractivity contribution in [2.75, 3.05) is 6.54 Å². The van der Waals surface area contributed by atoms with Crippen LogP contribution in [-0.2, 0) is 10.0 Å². The zero-order valence-corrected chi connectivity index (χ0v) is 15.7. The van der Waals surface area contributed by atoms with Crippen LogP contribution in [0.15, 0.2) is 40.6 Å². The number of nitrogens with two attached hydrogens (primary N) is 1. The number of amides is 1. The SMILES string of the molecule is CC(CNC(=O)c1sccc1S(N)(=O)=O)c1nc2ccccc2n1C(F)F. The number of benzene rings is 1. The van der Waals surface area contributed by atoms with Crippen molar-refractivity contribution in [2.24, 2.45) is 5.14 Å². The fourth-order valence-electron chi connectivity index (χ4n) is 2.72. The van der Waals surface area contributed by atoms with Crippen molar-refractivity contribution in [3.8, 4) is 0 Å². The van der Waals surface area contributed by atoms with Gasteiger partial charge in [-0.1, -0.05) is 19.1 Å². The van der Waals surface area contributed by atoms with Crippen LogP contribution in [0.4, 0.5) is 8.78 Å². The molecule has 0 aliphatic heterocycles. The van der Waals surface area contributed by atoms with Gasteiger partial charge < -0.3 is 5.32 Å². The topological polar surface area (TPSA) is 107 Å². The maximum atomic E-state index is 13.5. The smallest absolute Gasteiger partial charge is 0.320 e. The van der Waals surface area contributed by atoms with Gasteiger partial charge in [0.1, 0.15) is 15.6 Å². The molecule has 0 radical (unpaired) electrons. The third-order valence-corrected chi connectivity index (χ3v) is 5.97. The van der Waals surface area contributed by atoms with Gasteiger partial charge in [0.05, 0.1) is 11.0 Å². The van der Waals surface area contributed by atoms with E-state index in [-0.39, 0.29) is 22.1 Å². The zero-order valence-electron chi connectivity index (χ0n) is 14.1. The minimum atomic E-state index is -4.03. The number of hydrogen-bond acceptors (Lipinski definition) is 5. The summed E-state index contributed by atoms with van der Waals surface area (Å²) in [6.45, 7) is -1.14. The van der Waals surface area contributed by atoms with Crippen molar-refractivity contribution in [2.45, 2.75) is 24.3 Å². The van der Waals surface area contributed by atoms with Crippen LogP contribution in [0.1, 0.15) is 34.9 Å². The van der Waals surface area contributed by atoms with Gasteiger partial charge in [-0.15, -0.1) is 11.3 Å². The predicted octanol–water partition coefficient (Wildman–Crippen LogP) is 2.67. The number of fused-ring (bicyclic) bond motifs is 1. The van der Waals surface area contributed by atoms with E-state index in [0.717, 1.165) is 15.9 Å².